The second kappa shape index (κ2) is 9.37. The third kappa shape index (κ3) is 5.55. The minimum Gasteiger partial charge on any atom is -0.325 e. The van der Waals surface area contributed by atoms with E-state index < -0.39 is 16.1 Å². The number of nitrogens with zero attached hydrogens (tertiary/aromatic N) is 2. The number of hydrogen-bond donors (Lipinski definition) is 1. The summed E-state index contributed by atoms with van der Waals surface area (Å²) in [4.78, 5) is 14.5. The van der Waals surface area contributed by atoms with Crippen LogP contribution in [0, 0.1) is 0 Å². The Morgan fingerprint density at radius 3 is 2.32 bits per heavy atom. The van der Waals surface area contributed by atoms with Crippen molar-refractivity contribution in [1.29, 1.82) is 0 Å². The Bertz CT molecular complexity index is 949. The maximum Gasteiger partial charge on any atom is 0.244 e. The fourth-order valence-corrected chi connectivity index (χ4v) is 4.10. The van der Waals surface area contributed by atoms with Gasteiger partial charge in [-0.15, -0.1) is 0 Å². The second-order valence-electron chi connectivity index (χ2n) is 6.64. The third-order valence-electron chi connectivity index (χ3n) is 4.34. The molecule has 0 aliphatic heterocycles. The van der Waals surface area contributed by atoms with Crippen LogP contribution in [0.5, 0.6) is 0 Å². The van der Waals surface area contributed by atoms with Gasteiger partial charge in [-0.3, -0.25) is 9.69 Å². The van der Waals surface area contributed by atoms with Crippen LogP contribution in [0.2, 0.25) is 5.02 Å². The molecule has 0 spiro atoms. The topological polar surface area (TPSA) is 69.7 Å². The van der Waals surface area contributed by atoms with Crippen LogP contribution in [-0.2, 0) is 21.4 Å². The number of sulfonamides is 1. The summed E-state index contributed by atoms with van der Waals surface area (Å²) in [5.74, 6) is -0.241. The Morgan fingerprint density at radius 1 is 1.14 bits per heavy atom. The van der Waals surface area contributed by atoms with E-state index >= 15 is 0 Å². The first-order valence-electron chi connectivity index (χ1n) is 8.50. The number of hydrogen-bond acceptors (Lipinski definition) is 4. The highest BCUT2D eigenvalue weighted by atomic mass is 79.9. The molecule has 1 N–H and O–H groups in total. The van der Waals surface area contributed by atoms with Crippen molar-refractivity contribution in [3.8, 4) is 0 Å². The van der Waals surface area contributed by atoms with Gasteiger partial charge in [-0.25, -0.2) is 12.7 Å². The molecule has 0 fully saturated rings. The van der Waals surface area contributed by atoms with Crippen molar-refractivity contribution in [3.05, 3.63) is 57.5 Å². The van der Waals surface area contributed by atoms with E-state index in [4.69, 9.17) is 11.6 Å². The molecule has 0 bridgehead atoms. The standard InChI is InChI=1S/C19H23BrClN3O3S/c1-13(24(4)12-14-5-7-15(20)8-6-14)19(25)22-16-9-10-17(21)18(11-16)28(26,27)23(2)3/h5-11,13H,12H2,1-4H3,(H,22,25). The van der Waals surface area contributed by atoms with Crippen molar-refractivity contribution >= 4 is 49.1 Å². The predicted molar refractivity (Wildman–Crippen MR) is 116 cm³/mol. The van der Waals surface area contributed by atoms with Crippen LogP contribution in [-0.4, -0.2) is 50.7 Å². The zero-order valence-electron chi connectivity index (χ0n) is 16.1. The van der Waals surface area contributed by atoms with Gasteiger partial charge in [0.2, 0.25) is 15.9 Å². The summed E-state index contributed by atoms with van der Waals surface area (Å²) < 4.78 is 26.8. The number of carbonyl (C=O) groups excluding carboxylic acids is 1. The molecule has 0 aliphatic rings. The van der Waals surface area contributed by atoms with E-state index in [0.29, 0.717) is 12.2 Å². The van der Waals surface area contributed by atoms with Crippen LogP contribution in [0.15, 0.2) is 51.8 Å². The molecular weight excluding hydrogens is 466 g/mol. The fraction of sp³-hybridized carbons (Fsp3) is 0.316. The van der Waals surface area contributed by atoms with Crippen LogP contribution < -0.4 is 5.32 Å². The lowest BCUT2D eigenvalue weighted by molar-refractivity contribution is -0.120. The van der Waals surface area contributed by atoms with Gasteiger partial charge < -0.3 is 5.32 Å². The van der Waals surface area contributed by atoms with Crippen LogP contribution in [0.4, 0.5) is 5.69 Å². The lowest BCUT2D eigenvalue weighted by atomic mass is 10.2. The fourth-order valence-electron chi connectivity index (χ4n) is 2.44. The van der Waals surface area contributed by atoms with Crippen LogP contribution in [0.25, 0.3) is 0 Å². The first-order chi connectivity index (χ1) is 13.0. The van der Waals surface area contributed by atoms with Gasteiger partial charge in [0.05, 0.1) is 11.1 Å². The Balaban J connectivity index is 2.12. The first kappa shape index (κ1) is 22.8. The smallest absolute Gasteiger partial charge is 0.244 e. The largest absolute Gasteiger partial charge is 0.325 e. The Hall–Kier alpha value is -1.45. The van der Waals surface area contributed by atoms with Crippen LogP contribution in [0.3, 0.4) is 0 Å². The summed E-state index contributed by atoms with van der Waals surface area (Å²) in [7, 11) is 1.000. The molecule has 0 saturated carbocycles. The lowest BCUT2D eigenvalue weighted by Crippen LogP contribution is -2.39. The second-order valence-corrected chi connectivity index (χ2v) is 10.1. The molecule has 9 heteroatoms. The molecule has 2 rings (SSSR count). The number of likely N-dealkylation sites (N-methyl/N-ethyl adjacent to an activating group) is 1. The quantitative estimate of drug-likeness (QED) is 0.643. The van der Waals surface area contributed by atoms with Gasteiger partial charge in [-0.2, -0.15) is 0 Å². The lowest BCUT2D eigenvalue weighted by Gasteiger charge is -2.24. The highest BCUT2D eigenvalue weighted by Crippen LogP contribution is 2.27. The summed E-state index contributed by atoms with van der Waals surface area (Å²) in [5, 5.41) is 2.87. The first-order valence-corrected chi connectivity index (χ1v) is 11.1. The zero-order valence-corrected chi connectivity index (χ0v) is 19.3. The normalized spacial score (nSPS) is 13.0. The molecule has 6 nitrogen and oxygen atoms in total. The van der Waals surface area contributed by atoms with E-state index in [2.05, 4.69) is 21.2 Å². The summed E-state index contributed by atoms with van der Waals surface area (Å²) in [5.41, 5.74) is 1.45. The summed E-state index contributed by atoms with van der Waals surface area (Å²) in [6.45, 7) is 2.39. The van der Waals surface area contributed by atoms with Gasteiger partial charge in [-0.05, 0) is 49.9 Å². The van der Waals surface area contributed by atoms with E-state index in [1.54, 1.807) is 13.0 Å². The molecular formula is C19H23BrClN3O3S. The highest BCUT2D eigenvalue weighted by Gasteiger charge is 2.23. The van der Waals surface area contributed by atoms with Gasteiger partial charge in [0.25, 0.3) is 0 Å². The Kier molecular flexibility index (Phi) is 7.64. The molecule has 1 amide bonds. The van der Waals surface area contributed by atoms with Gasteiger partial charge in [-0.1, -0.05) is 39.7 Å². The highest BCUT2D eigenvalue weighted by molar-refractivity contribution is 9.10. The van der Waals surface area contributed by atoms with Gasteiger partial charge >= 0.3 is 0 Å². The average Bonchev–Trinajstić information content (AvgIpc) is 2.64. The number of benzene rings is 2. The monoisotopic (exact) mass is 487 g/mol. The molecule has 0 saturated heterocycles. The Morgan fingerprint density at radius 2 is 1.75 bits per heavy atom. The summed E-state index contributed by atoms with van der Waals surface area (Å²) in [6, 6.07) is 11.9. The number of carbonyl (C=O) groups is 1. The van der Waals surface area contributed by atoms with Crippen LogP contribution >= 0.6 is 27.5 Å². The molecule has 28 heavy (non-hydrogen) atoms. The van der Waals surface area contributed by atoms with E-state index in [1.165, 1.54) is 26.2 Å². The molecule has 0 radical (unpaired) electrons. The van der Waals surface area contributed by atoms with Gasteiger partial charge in [0, 0.05) is 30.8 Å². The summed E-state index contributed by atoms with van der Waals surface area (Å²) >= 11 is 9.45. The molecule has 0 aliphatic carbocycles. The minimum absolute atomic E-state index is 0.0483. The van der Waals surface area contributed by atoms with Crippen LogP contribution in [0.1, 0.15) is 12.5 Å². The Labute approximate surface area is 179 Å². The SMILES string of the molecule is CC(C(=O)Nc1ccc(Cl)c(S(=O)(=O)N(C)C)c1)N(C)Cc1ccc(Br)cc1. The van der Waals surface area contributed by atoms with Crippen molar-refractivity contribution in [2.75, 3.05) is 26.5 Å². The van der Waals surface area contributed by atoms with Crippen molar-refractivity contribution in [2.45, 2.75) is 24.4 Å². The molecule has 2 aromatic rings. The molecule has 2 aromatic carbocycles. The van der Waals surface area contributed by atoms with Crippen molar-refractivity contribution in [2.24, 2.45) is 0 Å². The number of halogens is 2. The van der Waals surface area contributed by atoms with E-state index in [-0.39, 0.29) is 15.8 Å². The minimum atomic E-state index is -3.71. The maximum atomic E-state index is 12.6. The van der Waals surface area contributed by atoms with Crippen molar-refractivity contribution in [1.82, 2.24) is 9.21 Å². The average molecular weight is 489 g/mol. The predicted octanol–water partition coefficient (Wildman–Crippen LogP) is 3.81. The van der Waals surface area contributed by atoms with Crippen molar-refractivity contribution < 1.29 is 13.2 Å². The van der Waals surface area contributed by atoms with E-state index in [9.17, 15) is 13.2 Å². The molecule has 152 valence electrons. The molecule has 0 heterocycles. The summed E-state index contributed by atoms with van der Waals surface area (Å²) in [6.07, 6.45) is 0. The number of amides is 1. The maximum absolute atomic E-state index is 12.6. The van der Waals surface area contributed by atoms with E-state index in [0.717, 1.165) is 14.3 Å². The molecule has 1 atom stereocenters. The van der Waals surface area contributed by atoms with Gasteiger partial charge in [0.1, 0.15) is 4.90 Å². The number of nitrogens with one attached hydrogen (secondary N) is 1. The number of anilines is 1. The number of rotatable bonds is 7. The zero-order chi connectivity index (χ0) is 21.1. The molecule has 0 aromatic heterocycles. The third-order valence-corrected chi connectivity index (χ3v) is 7.17. The van der Waals surface area contributed by atoms with Crippen molar-refractivity contribution in [3.63, 3.8) is 0 Å². The van der Waals surface area contributed by atoms with Gasteiger partial charge in [0.15, 0.2) is 0 Å². The molecule has 1 unspecified atom stereocenters. The van der Waals surface area contributed by atoms with E-state index in [1.807, 2.05) is 36.2 Å².